The van der Waals surface area contributed by atoms with E-state index in [1.807, 2.05) is 30.3 Å². The lowest BCUT2D eigenvalue weighted by molar-refractivity contribution is -0.125. The normalized spacial score (nSPS) is 17.7. The number of hydrogen-bond donors (Lipinski definition) is 0. The molecule has 1 aliphatic rings. The number of nitrogens with zero attached hydrogens (tertiary/aromatic N) is 1. The molecule has 0 heterocycles. The summed E-state index contributed by atoms with van der Waals surface area (Å²) in [5.41, 5.74) is 0.817. The summed E-state index contributed by atoms with van der Waals surface area (Å²) >= 11 is 0. The summed E-state index contributed by atoms with van der Waals surface area (Å²) in [5.74, 6) is 0.182. The van der Waals surface area contributed by atoms with Gasteiger partial charge in [-0.2, -0.15) is 0 Å². The highest BCUT2D eigenvalue weighted by atomic mass is 16.2. The third-order valence-corrected chi connectivity index (χ3v) is 3.83. The van der Waals surface area contributed by atoms with Gasteiger partial charge in [0.1, 0.15) is 6.29 Å². The van der Waals surface area contributed by atoms with Crippen LogP contribution in [0.2, 0.25) is 0 Å². The van der Waals surface area contributed by atoms with Crippen LogP contribution in [0.5, 0.6) is 0 Å². The van der Waals surface area contributed by atoms with Crippen molar-refractivity contribution in [3.05, 3.63) is 30.3 Å². The summed E-state index contributed by atoms with van der Waals surface area (Å²) in [6, 6.07) is 9.08. The van der Waals surface area contributed by atoms with E-state index in [2.05, 4.69) is 0 Å². The predicted octanol–water partition coefficient (Wildman–Crippen LogP) is 3.19. The molecule has 1 aliphatic carbocycles. The Labute approximate surface area is 114 Å². The van der Waals surface area contributed by atoms with Crippen molar-refractivity contribution in [3.8, 4) is 0 Å². The molecule has 0 radical (unpaired) electrons. The van der Waals surface area contributed by atoms with Crippen molar-refractivity contribution in [3.63, 3.8) is 0 Å². The predicted molar refractivity (Wildman–Crippen MR) is 76.0 cm³/mol. The molecule has 1 saturated carbocycles. The molecular formula is C16H21NO2. The summed E-state index contributed by atoms with van der Waals surface area (Å²) < 4.78 is 0. The zero-order valence-electron chi connectivity index (χ0n) is 11.4. The van der Waals surface area contributed by atoms with Gasteiger partial charge in [-0.1, -0.05) is 37.5 Å². The Morgan fingerprint density at radius 2 is 1.84 bits per heavy atom. The largest absolute Gasteiger partial charge is 0.302 e. The van der Waals surface area contributed by atoms with Crippen LogP contribution in [-0.4, -0.2) is 18.2 Å². The third-order valence-electron chi connectivity index (χ3n) is 3.83. The number of carbonyl (C=O) groups excluding carboxylic acids is 2. The molecule has 0 N–H and O–H groups in total. The fourth-order valence-corrected chi connectivity index (χ4v) is 2.76. The van der Waals surface area contributed by atoms with E-state index in [4.69, 9.17) is 0 Å². The molecule has 1 amide bonds. The maximum Gasteiger partial charge on any atom is 0.230 e. The molecular weight excluding hydrogens is 238 g/mol. The fraction of sp³-hybridized carbons (Fsp3) is 0.500. The van der Waals surface area contributed by atoms with E-state index in [1.165, 1.54) is 6.42 Å². The van der Waals surface area contributed by atoms with Crippen LogP contribution in [0.25, 0.3) is 0 Å². The lowest BCUT2D eigenvalue weighted by atomic mass is 9.88. The highest BCUT2D eigenvalue weighted by Gasteiger charge is 2.29. The highest BCUT2D eigenvalue weighted by Crippen LogP contribution is 2.28. The van der Waals surface area contributed by atoms with Gasteiger partial charge >= 0.3 is 0 Å². The second kappa shape index (κ2) is 6.50. The first-order chi connectivity index (χ1) is 9.24. The van der Waals surface area contributed by atoms with Crippen LogP contribution in [0.4, 0.5) is 5.69 Å². The van der Waals surface area contributed by atoms with Crippen LogP contribution < -0.4 is 4.90 Å². The first-order valence-electron chi connectivity index (χ1n) is 7.07. The molecule has 0 aliphatic heterocycles. The van der Waals surface area contributed by atoms with Gasteiger partial charge in [-0.05, 0) is 31.9 Å². The van der Waals surface area contributed by atoms with Crippen LogP contribution in [0.1, 0.15) is 39.0 Å². The molecule has 1 aromatic carbocycles. The lowest BCUT2D eigenvalue weighted by Gasteiger charge is -2.31. The van der Waals surface area contributed by atoms with Crippen LogP contribution in [0, 0.1) is 5.92 Å². The maximum atomic E-state index is 12.7. The van der Waals surface area contributed by atoms with Crippen molar-refractivity contribution >= 4 is 17.9 Å². The van der Waals surface area contributed by atoms with Crippen molar-refractivity contribution < 1.29 is 9.59 Å². The SMILES string of the molecule is C[C@@H](C=O)N(C(=O)C1CCCCC1)c1ccccc1. The van der Waals surface area contributed by atoms with Gasteiger partial charge in [-0.25, -0.2) is 0 Å². The standard InChI is InChI=1S/C16H21NO2/c1-13(12-18)17(15-10-6-3-7-11-15)16(19)14-8-4-2-5-9-14/h3,6-7,10-14H,2,4-5,8-9H2,1H3/t13-/m0/s1. The quantitative estimate of drug-likeness (QED) is 0.779. The first kappa shape index (κ1) is 13.8. The van der Waals surface area contributed by atoms with Crippen LogP contribution in [0.3, 0.4) is 0 Å². The topological polar surface area (TPSA) is 37.4 Å². The average Bonchev–Trinajstić information content (AvgIpc) is 2.49. The molecule has 19 heavy (non-hydrogen) atoms. The Hall–Kier alpha value is -1.64. The molecule has 0 spiro atoms. The molecule has 0 saturated heterocycles. The van der Waals surface area contributed by atoms with Crippen LogP contribution in [0.15, 0.2) is 30.3 Å². The van der Waals surface area contributed by atoms with E-state index >= 15 is 0 Å². The molecule has 102 valence electrons. The van der Waals surface area contributed by atoms with Gasteiger partial charge in [0.25, 0.3) is 0 Å². The summed E-state index contributed by atoms with van der Waals surface area (Å²) in [5, 5.41) is 0. The summed E-state index contributed by atoms with van der Waals surface area (Å²) in [7, 11) is 0. The van der Waals surface area contributed by atoms with Crippen molar-refractivity contribution in [1.82, 2.24) is 0 Å². The van der Waals surface area contributed by atoms with E-state index in [9.17, 15) is 9.59 Å². The number of para-hydroxylation sites is 1. The fourth-order valence-electron chi connectivity index (χ4n) is 2.76. The van der Waals surface area contributed by atoms with Crippen molar-refractivity contribution in [1.29, 1.82) is 0 Å². The molecule has 3 heteroatoms. The van der Waals surface area contributed by atoms with E-state index in [-0.39, 0.29) is 11.8 Å². The molecule has 1 aromatic rings. The molecule has 1 atom stereocenters. The molecule has 0 bridgehead atoms. The van der Waals surface area contributed by atoms with E-state index < -0.39 is 6.04 Å². The second-order valence-electron chi connectivity index (χ2n) is 5.26. The minimum absolute atomic E-state index is 0.0800. The number of carbonyl (C=O) groups is 2. The minimum Gasteiger partial charge on any atom is -0.302 e. The number of rotatable bonds is 4. The summed E-state index contributed by atoms with van der Waals surface area (Å²) in [6.45, 7) is 1.78. The average molecular weight is 259 g/mol. The Morgan fingerprint density at radius 1 is 1.21 bits per heavy atom. The third kappa shape index (κ3) is 3.22. The van der Waals surface area contributed by atoms with Crippen LogP contribution >= 0.6 is 0 Å². The summed E-state index contributed by atoms with van der Waals surface area (Å²) in [6.07, 6.45) is 6.20. The van der Waals surface area contributed by atoms with Gasteiger partial charge in [0, 0.05) is 11.6 Å². The van der Waals surface area contributed by atoms with Gasteiger partial charge in [-0.3, -0.25) is 4.79 Å². The molecule has 1 fully saturated rings. The lowest BCUT2D eigenvalue weighted by Crippen LogP contribution is -2.43. The number of aldehydes is 1. The maximum absolute atomic E-state index is 12.7. The number of hydrogen-bond acceptors (Lipinski definition) is 2. The Kier molecular flexibility index (Phi) is 4.72. The van der Waals surface area contributed by atoms with Crippen molar-refractivity contribution in [2.45, 2.75) is 45.1 Å². The zero-order valence-corrected chi connectivity index (χ0v) is 11.4. The van der Waals surface area contributed by atoms with Gasteiger partial charge in [-0.15, -0.1) is 0 Å². The van der Waals surface area contributed by atoms with Gasteiger partial charge in [0.15, 0.2) is 0 Å². The van der Waals surface area contributed by atoms with E-state index in [1.54, 1.807) is 11.8 Å². The summed E-state index contributed by atoms with van der Waals surface area (Å²) in [4.78, 5) is 25.4. The monoisotopic (exact) mass is 259 g/mol. The second-order valence-corrected chi connectivity index (χ2v) is 5.26. The Bertz CT molecular complexity index is 424. The molecule has 0 unspecified atom stereocenters. The smallest absolute Gasteiger partial charge is 0.230 e. The van der Waals surface area contributed by atoms with E-state index in [0.29, 0.717) is 0 Å². The minimum atomic E-state index is -0.406. The van der Waals surface area contributed by atoms with Gasteiger partial charge in [0.05, 0.1) is 6.04 Å². The van der Waals surface area contributed by atoms with E-state index in [0.717, 1.165) is 37.7 Å². The zero-order chi connectivity index (χ0) is 13.7. The number of anilines is 1. The first-order valence-corrected chi connectivity index (χ1v) is 7.07. The Morgan fingerprint density at radius 3 is 2.42 bits per heavy atom. The number of amides is 1. The van der Waals surface area contributed by atoms with Crippen LogP contribution in [-0.2, 0) is 9.59 Å². The molecule has 0 aromatic heterocycles. The molecule has 3 nitrogen and oxygen atoms in total. The highest BCUT2D eigenvalue weighted by molar-refractivity contribution is 5.98. The molecule has 2 rings (SSSR count). The van der Waals surface area contributed by atoms with Gasteiger partial charge < -0.3 is 9.69 Å². The number of benzene rings is 1. The van der Waals surface area contributed by atoms with Crippen molar-refractivity contribution in [2.75, 3.05) is 4.90 Å². The van der Waals surface area contributed by atoms with Gasteiger partial charge in [0.2, 0.25) is 5.91 Å². The Balaban J connectivity index is 2.22. The van der Waals surface area contributed by atoms with Crippen molar-refractivity contribution in [2.24, 2.45) is 5.92 Å².